The molecule has 0 aromatic rings. The third-order valence-corrected chi connectivity index (χ3v) is 13.1. The highest BCUT2D eigenvalue weighted by molar-refractivity contribution is 6.26. The van der Waals surface area contributed by atoms with Gasteiger partial charge in [0, 0.05) is 46.4 Å². The molecule has 3 N–H and O–H groups in total. The predicted octanol–water partition coefficient (Wildman–Crippen LogP) is 10.3. The Morgan fingerprint density at radius 3 is 2.35 bits per heavy atom. The van der Waals surface area contributed by atoms with Crippen LogP contribution in [0.3, 0.4) is 0 Å². The van der Waals surface area contributed by atoms with Crippen LogP contribution < -0.4 is 5.32 Å². The molecule has 1 unspecified atom stereocenters. The van der Waals surface area contributed by atoms with Crippen LogP contribution in [0.15, 0.2) is 131 Å². The molecule has 0 saturated carbocycles. The molecule has 1 saturated heterocycles. The molecule has 5 heterocycles. The van der Waals surface area contributed by atoms with Gasteiger partial charge in [0.2, 0.25) is 5.60 Å². The standard InChI is InChI=1S/C50H64N4O6/c1-12-34-30(7)37-24-39-32(9)36(20-21-43(55)60-23-22-29(6)19-15-18-28(5)17-14-16-27(3)4)46(53-39)45-47-44(48(56)50(45,58)49(57)59-11)33(10)40(54-47)26-42-35(13-2)31(8)38(52-42)25-41(34)51-37/h12,22,24-28,32,36,53,56,58H,1,13-21,23H2,2-11H3/b29-22+,39-24?,41-25?,42-26?,46-45?/t28?,32-,36-,50+/m0/s1. The highest BCUT2D eigenvalue weighted by Crippen LogP contribution is 2.51. The Morgan fingerprint density at radius 2 is 1.67 bits per heavy atom. The Balaban J connectivity index is 1.34. The molecule has 10 heteroatoms. The Labute approximate surface area is 356 Å². The summed E-state index contributed by atoms with van der Waals surface area (Å²) in [7, 11) is 1.18. The Hall–Kier alpha value is -5.09. The van der Waals surface area contributed by atoms with E-state index in [0.717, 1.165) is 76.0 Å². The third-order valence-electron chi connectivity index (χ3n) is 13.1. The number of esters is 2. The van der Waals surface area contributed by atoms with Crippen molar-refractivity contribution in [3.8, 4) is 0 Å². The second-order valence-electron chi connectivity index (χ2n) is 17.7. The van der Waals surface area contributed by atoms with Crippen LogP contribution in [-0.4, -0.2) is 58.6 Å². The first-order valence-electron chi connectivity index (χ1n) is 21.8. The van der Waals surface area contributed by atoms with E-state index >= 15 is 0 Å². The van der Waals surface area contributed by atoms with Gasteiger partial charge in [-0.1, -0.05) is 78.5 Å². The molecule has 6 rings (SSSR count). The molecule has 1 aliphatic carbocycles. The van der Waals surface area contributed by atoms with Crippen molar-refractivity contribution in [1.29, 1.82) is 0 Å². The van der Waals surface area contributed by atoms with Crippen molar-refractivity contribution in [3.05, 3.63) is 116 Å². The summed E-state index contributed by atoms with van der Waals surface area (Å²) in [6, 6.07) is 0. The molecule has 8 bridgehead atoms. The van der Waals surface area contributed by atoms with Crippen molar-refractivity contribution in [2.24, 2.45) is 38.6 Å². The summed E-state index contributed by atoms with van der Waals surface area (Å²) < 4.78 is 10.9. The lowest BCUT2D eigenvalue weighted by Crippen LogP contribution is -2.44. The normalized spacial score (nSPS) is 24.2. The van der Waals surface area contributed by atoms with E-state index < -0.39 is 23.2 Å². The minimum absolute atomic E-state index is 0.0878. The fraction of sp³-hybridized carbons (Fsp3) is 0.500. The van der Waals surface area contributed by atoms with Gasteiger partial charge in [-0.2, -0.15) is 0 Å². The van der Waals surface area contributed by atoms with Crippen LogP contribution in [0, 0.1) is 23.7 Å². The van der Waals surface area contributed by atoms with Gasteiger partial charge < -0.3 is 25.0 Å². The van der Waals surface area contributed by atoms with Crippen LogP contribution in [0.5, 0.6) is 0 Å². The molecule has 0 aromatic carbocycles. The molecule has 0 aromatic heterocycles. The number of aliphatic hydroxyl groups is 2. The smallest absolute Gasteiger partial charge is 0.350 e. The summed E-state index contributed by atoms with van der Waals surface area (Å²) in [5.74, 6) is -1.12. The quantitative estimate of drug-likeness (QED) is 0.104. The van der Waals surface area contributed by atoms with Crippen molar-refractivity contribution >= 4 is 29.1 Å². The molecule has 60 heavy (non-hydrogen) atoms. The third kappa shape index (κ3) is 8.45. The topological polar surface area (TPSA) is 142 Å². The van der Waals surface area contributed by atoms with E-state index in [1.807, 2.05) is 51.2 Å². The van der Waals surface area contributed by atoms with Crippen LogP contribution in [0.1, 0.15) is 120 Å². The van der Waals surface area contributed by atoms with Gasteiger partial charge >= 0.3 is 11.9 Å². The summed E-state index contributed by atoms with van der Waals surface area (Å²) >= 11 is 0. The van der Waals surface area contributed by atoms with E-state index in [9.17, 15) is 19.8 Å². The number of carbonyl (C=O) groups excluding carboxylic acids is 2. The van der Waals surface area contributed by atoms with Gasteiger partial charge in [-0.15, -0.1) is 0 Å². The number of hydrogen-bond donors (Lipinski definition) is 3. The first-order valence-corrected chi connectivity index (χ1v) is 21.8. The summed E-state index contributed by atoms with van der Waals surface area (Å²) in [6.07, 6.45) is 17.9. The summed E-state index contributed by atoms with van der Waals surface area (Å²) in [5.41, 5.74) is 8.65. The van der Waals surface area contributed by atoms with Crippen molar-refractivity contribution in [3.63, 3.8) is 0 Å². The lowest BCUT2D eigenvalue weighted by atomic mass is 9.83. The molecule has 6 aliphatic rings. The maximum Gasteiger partial charge on any atom is 0.350 e. The predicted molar refractivity (Wildman–Crippen MR) is 240 cm³/mol. The summed E-state index contributed by atoms with van der Waals surface area (Å²) in [5, 5.41) is 27.8. The molecule has 0 amide bonds. The molecule has 320 valence electrons. The fourth-order valence-corrected chi connectivity index (χ4v) is 9.28. The molecular weight excluding hydrogens is 753 g/mol. The van der Waals surface area contributed by atoms with Gasteiger partial charge in [-0.25, -0.2) is 19.8 Å². The van der Waals surface area contributed by atoms with Gasteiger partial charge in [0.1, 0.15) is 6.61 Å². The van der Waals surface area contributed by atoms with Crippen molar-refractivity contribution in [2.75, 3.05) is 13.7 Å². The van der Waals surface area contributed by atoms with Gasteiger partial charge in [-0.3, -0.25) is 4.79 Å². The van der Waals surface area contributed by atoms with Gasteiger partial charge in [-0.05, 0) is 112 Å². The molecule has 0 radical (unpaired) electrons. The summed E-state index contributed by atoms with van der Waals surface area (Å²) in [4.78, 5) is 42.2. The number of ether oxygens (including phenoxy) is 2. The molecule has 0 spiro atoms. The second-order valence-corrected chi connectivity index (χ2v) is 17.7. The fourth-order valence-electron chi connectivity index (χ4n) is 9.28. The van der Waals surface area contributed by atoms with E-state index in [1.54, 1.807) is 0 Å². The number of carbonyl (C=O) groups is 2. The number of aliphatic hydroxyl groups excluding tert-OH is 1. The van der Waals surface area contributed by atoms with Gasteiger partial charge in [0.25, 0.3) is 0 Å². The Bertz CT molecular complexity index is 2250. The number of nitrogens with one attached hydrogen (secondary N) is 1. The van der Waals surface area contributed by atoms with Crippen molar-refractivity contribution in [1.82, 2.24) is 5.32 Å². The number of methoxy groups -OCH3 is 1. The zero-order valence-electron chi connectivity index (χ0n) is 37.3. The average molecular weight is 817 g/mol. The molecule has 4 atom stereocenters. The average Bonchev–Trinajstić information content (AvgIpc) is 3.93. The maximum atomic E-state index is 13.7. The van der Waals surface area contributed by atoms with E-state index in [1.165, 1.54) is 38.4 Å². The number of allylic oxidation sites excluding steroid dienone is 12. The monoisotopic (exact) mass is 816 g/mol. The van der Waals surface area contributed by atoms with Crippen LogP contribution >= 0.6 is 0 Å². The summed E-state index contributed by atoms with van der Waals surface area (Å²) in [6.45, 7) is 23.3. The Kier molecular flexibility index (Phi) is 13.5. The van der Waals surface area contributed by atoms with Crippen LogP contribution in [0.2, 0.25) is 0 Å². The number of aliphatic imine (C=N–C) groups is 3. The molecule has 5 aliphatic heterocycles. The highest BCUT2D eigenvalue weighted by atomic mass is 16.5. The van der Waals surface area contributed by atoms with Crippen molar-refractivity contribution in [2.45, 2.75) is 126 Å². The zero-order valence-corrected chi connectivity index (χ0v) is 37.3. The molecule has 1 fully saturated rings. The van der Waals surface area contributed by atoms with E-state index in [-0.39, 0.29) is 41.8 Å². The number of hydrogen-bond acceptors (Lipinski definition) is 10. The minimum atomic E-state index is -2.55. The number of fused-ring (bicyclic) bond motifs is 5. The SMILES string of the molecule is C=CC1=C(C)C2=NC1=CC1=NC(=CC3=C(C)C4=C(O)[C@@](O)(C(=O)OC)C(=C5NC(=C2)[C@@H](C)[C@@H]5CCC(=O)OC/C=C(\C)CCCC(C)CCCC(C)C)C4=N3)C(CC)=C1C. The molecule has 10 nitrogen and oxygen atoms in total. The lowest BCUT2D eigenvalue weighted by molar-refractivity contribution is -0.156. The van der Waals surface area contributed by atoms with E-state index in [0.29, 0.717) is 29.3 Å². The van der Waals surface area contributed by atoms with E-state index in [2.05, 4.69) is 53.4 Å². The number of nitrogens with zero attached hydrogens (tertiary/aromatic N) is 3. The van der Waals surface area contributed by atoms with E-state index in [4.69, 9.17) is 24.5 Å². The highest BCUT2D eigenvalue weighted by Gasteiger charge is 2.59. The minimum Gasteiger partial charge on any atom is -0.507 e. The maximum absolute atomic E-state index is 13.7. The molecular formula is C50H64N4O6. The number of rotatable bonds is 16. The second kappa shape index (κ2) is 18.3. The first-order chi connectivity index (χ1) is 28.5. The Morgan fingerprint density at radius 1 is 0.967 bits per heavy atom. The van der Waals surface area contributed by atoms with Gasteiger partial charge in [0.15, 0.2) is 5.76 Å². The van der Waals surface area contributed by atoms with Gasteiger partial charge in [0.05, 0.1) is 41.3 Å². The van der Waals surface area contributed by atoms with Crippen LogP contribution in [-0.2, 0) is 19.1 Å². The first kappa shape index (κ1) is 44.5. The lowest BCUT2D eigenvalue weighted by Gasteiger charge is -2.26. The largest absolute Gasteiger partial charge is 0.507 e. The van der Waals surface area contributed by atoms with Crippen molar-refractivity contribution < 1.29 is 29.3 Å². The van der Waals surface area contributed by atoms with Crippen LogP contribution in [0.4, 0.5) is 0 Å². The van der Waals surface area contributed by atoms with Crippen LogP contribution in [0.25, 0.3) is 0 Å². The zero-order chi connectivity index (χ0) is 43.6.